The Kier molecular flexibility index (Phi) is 3.95. The maximum atomic E-state index is 11.7. The summed E-state index contributed by atoms with van der Waals surface area (Å²) >= 11 is 0. The van der Waals surface area contributed by atoms with Crippen LogP contribution in [0.4, 0.5) is 0 Å². The van der Waals surface area contributed by atoms with Gasteiger partial charge in [0, 0.05) is 44.7 Å². The van der Waals surface area contributed by atoms with E-state index in [1.807, 2.05) is 25.5 Å². The molecule has 0 unspecified atom stereocenters. The number of amides is 1. The summed E-state index contributed by atoms with van der Waals surface area (Å²) in [4.78, 5) is 18.1. The van der Waals surface area contributed by atoms with Gasteiger partial charge in [0.05, 0.1) is 24.3 Å². The van der Waals surface area contributed by atoms with Crippen molar-refractivity contribution in [1.29, 1.82) is 0 Å². The van der Waals surface area contributed by atoms with E-state index in [-0.39, 0.29) is 18.1 Å². The summed E-state index contributed by atoms with van der Waals surface area (Å²) in [5.74, 6) is 0.480. The summed E-state index contributed by atoms with van der Waals surface area (Å²) in [6.07, 6.45) is 10.1. The van der Waals surface area contributed by atoms with Crippen LogP contribution in [-0.4, -0.2) is 54.4 Å². The number of likely N-dealkylation sites (N-methyl/N-ethyl adjacent to an activating group) is 1. The van der Waals surface area contributed by atoms with Gasteiger partial charge in [0.15, 0.2) is 0 Å². The summed E-state index contributed by atoms with van der Waals surface area (Å²) in [6.45, 7) is 3.53. The highest BCUT2D eigenvalue weighted by molar-refractivity contribution is 5.87. The first-order valence-electron chi connectivity index (χ1n) is 8.44. The zero-order valence-corrected chi connectivity index (χ0v) is 14.7. The summed E-state index contributed by atoms with van der Waals surface area (Å²) in [5.41, 5.74) is 2.47. The van der Waals surface area contributed by atoms with E-state index < -0.39 is 0 Å². The predicted molar refractivity (Wildman–Crippen MR) is 95.6 cm³/mol. The third kappa shape index (κ3) is 2.83. The number of aryl methyl sites for hydroxylation is 1. The maximum absolute atomic E-state index is 11.7. The fourth-order valence-electron chi connectivity index (χ4n) is 3.11. The fraction of sp³-hybridized carbons (Fsp3) is 0.333. The third-order valence-electron chi connectivity index (χ3n) is 4.77. The first kappa shape index (κ1) is 16.3. The van der Waals surface area contributed by atoms with Crippen molar-refractivity contribution in [3.8, 4) is 17.1 Å². The van der Waals surface area contributed by atoms with E-state index in [2.05, 4.69) is 21.8 Å². The number of fused-ring (bicyclic) bond motifs is 1. The molecule has 0 aromatic carbocycles. The quantitative estimate of drug-likeness (QED) is 0.653. The lowest BCUT2D eigenvalue weighted by Crippen LogP contribution is -2.49. The number of rotatable bonds is 5. The number of hydrogen-bond donors (Lipinski definition) is 0. The topological polar surface area (TPSA) is 77.6 Å². The van der Waals surface area contributed by atoms with Crippen molar-refractivity contribution < 1.29 is 9.53 Å². The molecule has 3 aromatic heterocycles. The standard InChI is InChI=1S/C18H20N6O2/c1-4-17(25)23(3)13-7-14(8-13)26-18-16-5-6-19-24(16)11-15(21-18)12-9-20-22(2)10-12/h4-6,9-11,13-14H,1,7-8H2,2-3H3. The first-order valence-corrected chi connectivity index (χ1v) is 8.44. The fourth-order valence-corrected chi connectivity index (χ4v) is 3.11. The molecule has 0 aliphatic heterocycles. The number of carbonyl (C=O) groups is 1. The van der Waals surface area contributed by atoms with Gasteiger partial charge in [0.25, 0.3) is 0 Å². The van der Waals surface area contributed by atoms with E-state index in [9.17, 15) is 4.79 Å². The molecular weight excluding hydrogens is 332 g/mol. The van der Waals surface area contributed by atoms with Gasteiger partial charge in [-0.2, -0.15) is 10.2 Å². The van der Waals surface area contributed by atoms with Crippen LogP contribution in [0.2, 0.25) is 0 Å². The molecule has 0 saturated heterocycles. The Morgan fingerprint density at radius 2 is 2.19 bits per heavy atom. The van der Waals surface area contributed by atoms with E-state index in [1.165, 1.54) is 6.08 Å². The van der Waals surface area contributed by atoms with Gasteiger partial charge in [-0.25, -0.2) is 9.50 Å². The molecule has 0 atom stereocenters. The minimum Gasteiger partial charge on any atom is -0.473 e. The van der Waals surface area contributed by atoms with E-state index >= 15 is 0 Å². The van der Waals surface area contributed by atoms with Crippen LogP contribution in [0.25, 0.3) is 16.8 Å². The van der Waals surface area contributed by atoms with Gasteiger partial charge in [-0.3, -0.25) is 9.48 Å². The van der Waals surface area contributed by atoms with Gasteiger partial charge >= 0.3 is 0 Å². The zero-order valence-electron chi connectivity index (χ0n) is 14.7. The molecule has 3 heterocycles. The van der Waals surface area contributed by atoms with Crippen molar-refractivity contribution in [3.05, 3.63) is 43.5 Å². The third-order valence-corrected chi connectivity index (χ3v) is 4.77. The molecule has 1 amide bonds. The normalized spacial score (nSPS) is 19.2. The molecule has 1 fully saturated rings. The molecule has 1 aliphatic rings. The van der Waals surface area contributed by atoms with Crippen LogP contribution in [0, 0.1) is 0 Å². The van der Waals surface area contributed by atoms with Gasteiger partial charge in [-0.15, -0.1) is 0 Å². The number of carbonyl (C=O) groups excluding carboxylic acids is 1. The Morgan fingerprint density at radius 3 is 2.88 bits per heavy atom. The van der Waals surface area contributed by atoms with E-state index in [0.29, 0.717) is 5.88 Å². The van der Waals surface area contributed by atoms with E-state index in [4.69, 9.17) is 4.74 Å². The Labute approximate surface area is 150 Å². The van der Waals surface area contributed by atoms with Crippen LogP contribution >= 0.6 is 0 Å². The van der Waals surface area contributed by atoms with Crippen molar-refractivity contribution in [2.24, 2.45) is 7.05 Å². The highest BCUT2D eigenvalue weighted by Gasteiger charge is 2.35. The van der Waals surface area contributed by atoms with Crippen LogP contribution in [0.1, 0.15) is 12.8 Å². The maximum Gasteiger partial charge on any atom is 0.245 e. The summed E-state index contributed by atoms with van der Waals surface area (Å²) in [6, 6.07) is 2.05. The molecule has 8 nitrogen and oxygen atoms in total. The van der Waals surface area contributed by atoms with E-state index in [1.54, 1.807) is 33.5 Å². The summed E-state index contributed by atoms with van der Waals surface area (Å²) < 4.78 is 9.61. The smallest absolute Gasteiger partial charge is 0.245 e. The minimum atomic E-state index is -0.0664. The van der Waals surface area contributed by atoms with E-state index in [0.717, 1.165) is 29.6 Å². The highest BCUT2D eigenvalue weighted by Crippen LogP contribution is 2.31. The molecule has 1 saturated carbocycles. The molecule has 0 bridgehead atoms. The average Bonchev–Trinajstić information content (AvgIpc) is 3.24. The highest BCUT2D eigenvalue weighted by atomic mass is 16.5. The molecule has 0 radical (unpaired) electrons. The molecule has 1 aliphatic carbocycles. The first-order chi connectivity index (χ1) is 12.5. The molecule has 0 N–H and O–H groups in total. The zero-order chi connectivity index (χ0) is 18.3. The molecule has 4 rings (SSSR count). The second kappa shape index (κ2) is 6.29. The van der Waals surface area contributed by atoms with Crippen molar-refractivity contribution in [3.63, 3.8) is 0 Å². The van der Waals surface area contributed by atoms with Crippen LogP contribution < -0.4 is 4.74 Å². The Bertz CT molecular complexity index is 969. The van der Waals surface area contributed by atoms with Crippen LogP contribution in [0.5, 0.6) is 5.88 Å². The van der Waals surface area contributed by atoms with Crippen molar-refractivity contribution in [2.75, 3.05) is 7.05 Å². The largest absolute Gasteiger partial charge is 0.473 e. The van der Waals surface area contributed by atoms with Gasteiger partial charge in [-0.05, 0) is 12.1 Å². The van der Waals surface area contributed by atoms with Crippen LogP contribution in [0.15, 0.2) is 43.5 Å². The molecule has 3 aromatic rings. The average molecular weight is 352 g/mol. The molecular formula is C18H20N6O2. The Balaban J connectivity index is 1.54. The lowest BCUT2D eigenvalue weighted by Gasteiger charge is -2.40. The minimum absolute atomic E-state index is 0.0235. The van der Waals surface area contributed by atoms with Crippen molar-refractivity contribution in [1.82, 2.24) is 29.3 Å². The van der Waals surface area contributed by atoms with Crippen molar-refractivity contribution >= 4 is 11.4 Å². The number of ether oxygens (including phenoxy) is 1. The Morgan fingerprint density at radius 1 is 1.38 bits per heavy atom. The molecule has 26 heavy (non-hydrogen) atoms. The van der Waals surface area contributed by atoms with Crippen molar-refractivity contribution in [2.45, 2.75) is 25.0 Å². The Hall–Kier alpha value is -3.16. The summed E-state index contributed by atoms with van der Waals surface area (Å²) in [7, 11) is 3.66. The predicted octanol–water partition coefficient (Wildman–Crippen LogP) is 1.68. The number of hydrogen-bond acceptors (Lipinski definition) is 5. The van der Waals surface area contributed by atoms with Gasteiger partial charge in [0.1, 0.15) is 11.6 Å². The molecule has 0 spiro atoms. The van der Waals surface area contributed by atoms with Crippen LogP contribution in [0.3, 0.4) is 0 Å². The monoisotopic (exact) mass is 352 g/mol. The van der Waals surface area contributed by atoms with Crippen LogP contribution in [-0.2, 0) is 11.8 Å². The van der Waals surface area contributed by atoms with Gasteiger partial charge in [-0.1, -0.05) is 6.58 Å². The lowest BCUT2D eigenvalue weighted by atomic mass is 9.88. The van der Waals surface area contributed by atoms with Gasteiger partial charge < -0.3 is 9.64 Å². The second-order valence-corrected chi connectivity index (χ2v) is 6.51. The molecule has 134 valence electrons. The SMILES string of the molecule is C=CC(=O)N(C)C1CC(Oc2nc(-c3cnn(C)c3)cn3nccc23)C1. The molecule has 8 heteroatoms. The number of aromatic nitrogens is 5. The van der Waals surface area contributed by atoms with Gasteiger partial charge in [0.2, 0.25) is 11.8 Å². The lowest BCUT2D eigenvalue weighted by molar-refractivity contribution is -0.130. The second-order valence-electron chi connectivity index (χ2n) is 6.51. The number of nitrogens with zero attached hydrogens (tertiary/aromatic N) is 6. The summed E-state index contributed by atoms with van der Waals surface area (Å²) in [5, 5.41) is 8.50.